The van der Waals surface area contributed by atoms with E-state index in [2.05, 4.69) is 0 Å². The third-order valence-electron chi connectivity index (χ3n) is 5.22. The Morgan fingerprint density at radius 1 is 1.17 bits per heavy atom. The van der Waals surface area contributed by atoms with E-state index in [1.54, 1.807) is 18.2 Å². The van der Waals surface area contributed by atoms with Crippen LogP contribution >= 0.6 is 0 Å². The van der Waals surface area contributed by atoms with Crippen LogP contribution in [0.5, 0.6) is 0 Å². The molecule has 24 heavy (non-hydrogen) atoms. The van der Waals surface area contributed by atoms with Crippen molar-refractivity contribution in [2.45, 2.75) is 50.5 Å². The Hall–Kier alpha value is -1.88. The summed E-state index contributed by atoms with van der Waals surface area (Å²) in [5, 5.41) is 9.23. The maximum atomic E-state index is 12.6. The fraction of sp³-hybridized carbons (Fsp3) is 0.579. The van der Waals surface area contributed by atoms with Crippen molar-refractivity contribution < 1.29 is 19.4 Å². The number of nitrogens with zero attached hydrogens (tertiary/aromatic N) is 1. The molecule has 1 aliphatic heterocycles. The highest BCUT2D eigenvalue weighted by atomic mass is 16.5. The molecule has 3 rings (SSSR count). The molecule has 2 aliphatic rings. The van der Waals surface area contributed by atoms with E-state index in [9.17, 15) is 14.7 Å². The van der Waals surface area contributed by atoms with Crippen molar-refractivity contribution in [3.8, 4) is 0 Å². The predicted octanol–water partition coefficient (Wildman–Crippen LogP) is 2.88. The molecule has 1 saturated heterocycles. The van der Waals surface area contributed by atoms with Crippen molar-refractivity contribution in [3.63, 3.8) is 0 Å². The number of morpholine rings is 1. The highest BCUT2D eigenvalue weighted by Crippen LogP contribution is 2.34. The van der Waals surface area contributed by atoms with Gasteiger partial charge in [-0.05, 0) is 30.9 Å². The van der Waals surface area contributed by atoms with E-state index in [1.165, 1.54) is 19.3 Å². The molecule has 1 N–H and O–H groups in total. The maximum Gasteiger partial charge on any atom is 0.335 e. The summed E-state index contributed by atoms with van der Waals surface area (Å²) in [6.45, 7) is 1.94. The van der Waals surface area contributed by atoms with Gasteiger partial charge in [0.1, 0.15) is 0 Å². The first-order chi connectivity index (χ1) is 11.6. The first-order valence-electron chi connectivity index (χ1n) is 8.83. The lowest BCUT2D eigenvalue weighted by atomic mass is 9.83. The molecular formula is C19H25NO4. The van der Waals surface area contributed by atoms with Gasteiger partial charge in [0, 0.05) is 19.5 Å². The van der Waals surface area contributed by atoms with Gasteiger partial charge in [0.25, 0.3) is 0 Å². The van der Waals surface area contributed by atoms with E-state index in [-0.39, 0.29) is 17.1 Å². The minimum Gasteiger partial charge on any atom is -0.478 e. The summed E-state index contributed by atoms with van der Waals surface area (Å²) in [6.07, 6.45) is 6.50. The molecule has 1 aromatic rings. The number of ether oxygens (including phenoxy) is 1. The molecule has 1 aromatic carbocycles. The number of rotatable bonds is 4. The van der Waals surface area contributed by atoms with Crippen LogP contribution in [0.1, 0.15) is 54.4 Å². The minimum absolute atomic E-state index is 0.100. The van der Waals surface area contributed by atoms with E-state index >= 15 is 0 Å². The van der Waals surface area contributed by atoms with Crippen LogP contribution in [0.25, 0.3) is 0 Å². The summed E-state index contributed by atoms with van der Waals surface area (Å²) in [5.74, 6) is -0.839. The van der Waals surface area contributed by atoms with Crippen LogP contribution in [-0.4, -0.2) is 47.2 Å². The molecule has 0 aromatic heterocycles. The first kappa shape index (κ1) is 17.0. The number of amides is 1. The lowest BCUT2D eigenvalue weighted by Gasteiger charge is -2.45. The Morgan fingerprint density at radius 2 is 1.92 bits per heavy atom. The normalized spacial score (nSPS) is 20.1. The maximum absolute atomic E-state index is 12.6. The number of carboxylic acids is 1. The Kier molecular flexibility index (Phi) is 5.19. The molecule has 1 heterocycles. The van der Waals surface area contributed by atoms with Crippen LogP contribution in [-0.2, 0) is 16.0 Å². The van der Waals surface area contributed by atoms with Crippen molar-refractivity contribution in [1.29, 1.82) is 0 Å². The van der Waals surface area contributed by atoms with E-state index in [0.717, 1.165) is 18.4 Å². The van der Waals surface area contributed by atoms with E-state index in [0.29, 0.717) is 32.5 Å². The molecule has 1 spiro atoms. The number of carbonyl (C=O) groups is 2. The third-order valence-corrected chi connectivity index (χ3v) is 5.22. The second-order valence-corrected chi connectivity index (χ2v) is 6.87. The fourth-order valence-corrected chi connectivity index (χ4v) is 3.90. The smallest absolute Gasteiger partial charge is 0.335 e. The Bertz CT molecular complexity index is 602. The predicted molar refractivity (Wildman–Crippen MR) is 90.1 cm³/mol. The van der Waals surface area contributed by atoms with Gasteiger partial charge in [-0.2, -0.15) is 0 Å². The molecule has 1 saturated carbocycles. The Labute approximate surface area is 142 Å². The van der Waals surface area contributed by atoms with Gasteiger partial charge in [0.15, 0.2) is 0 Å². The van der Waals surface area contributed by atoms with Crippen molar-refractivity contribution in [2.24, 2.45) is 0 Å². The summed E-state index contributed by atoms with van der Waals surface area (Å²) >= 11 is 0. The number of carboxylic acid groups (broad SMARTS) is 1. The number of carbonyl (C=O) groups excluding carboxylic acids is 1. The van der Waals surface area contributed by atoms with Crippen molar-refractivity contribution in [1.82, 2.24) is 4.90 Å². The molecular weight excluding hydrogens is 306 g/mol. The number of hydrogen-bond acceptors (Lipinski definition) is 3. The molecule has 5 nitrogen and oxygen atoms in total. The van der Waals surface area contributed by atoms with E-state index in [4.69, 9.17) is 4.74 Å². The van der Waals surface area contributed by atoms with Crippen LogP contribution in [0.2, 0.25) is 0 Å². The van der Waals surface area contributed by atoms with Crippen LogP contribution < -0.4 is 0 Å². The number of hydrogen-bond donors (Lipinski definition) is 1. The molecule has 1 aliphatic carbocycles. The van der Waals surface area contributed by atoms with Crippen molar-refractivity contribution in [3.05, 3.63) is 35.4 Å². The van der Waals surface area contributed by atoms with Gasteiger partial charge in [-0.1, -0.05) is 37.5 Å². The van der Waals surface area contributed by atoms with Crippen molar-refractivity contribution >= 4 is 11.9 Å². The van der Waals surface area contributed by atoms with Gasteiger partial charge in [-0.25, -0.2) is 4.79 Å². The standard InChI is InChI=1S/C19H25NO4/c21-17(9-8-15-6-2-3-7-16(15)18(22)23)20-12-13-24-19(14-20)10-4-1-5-11-19/h2-3,6-7H,1,4-5,8-14H2,(H,22,23). The largest absolute Gasteiger partial charge is 0.478 e. The first-order valence-corrected chi connectivity index (χ1v) is 8.83. The van der Waals surface area contributed by atoms with Gasteiger partial charge in [-0.15, -0.1) is 0 Å². The van der Waals surface area contributed by atoms with Gasteiger partial charge >= 0.3 is 5.97 Å². The van der Waals surface area contributed by atoms with E-state index in [1.807, 2.05) is 11.0 Å². The highest BCUT2D eigenvalue weighted by Gasteiger charge is 2.38. The zero-order valence-corrected chi connectivity index (χ0v) is 14.0. The summed E-state index contributed by atoms with van der Waals surface area (Å²) in [4.78, 5) is 25.8. The highest BCUT2D eigenvalue weighted by molar-refractivity contribution is 5.89. The summed E-state index contributed by atoms with van der Waals surface area (Å²) in [7, 11) is 0. The van der Waals surface area contributed by atoms with Gasteiger partial charge in [0.05, 0.1) is 17.8 Å². The number of benzene rings is 1. The molecule has 0 atom stereocenters. The van der Waals surface area contributed by atoms with Gasteiger partial charge in [0.2, 0.25) is 5.91 Å². The minimum atomic E-state index is -0.939. The van der Waals surface area contributed by atoms with Crippen LogP contribution in [0, 0.1) is 0 Å². The molecule has 0 radical (unpaired) electrons. The topological polar surface area (TPSA) is 66.8 Å². The quantitative estimate of drug-likeness (QED) is 0.921. The average molecular weight is 331 g/mol. The zero-order chi connectivity index (χ0) is 17.0. The Balaban J connectivity index is 1.60. The average Bonchev–Trinajstić information content (AvgIpc) is 2.60. The number of aryl methyl sites for hydroxylation is 1. The lowest BCUT2D eigenvalue weighted by Crippen LogP contribution is -2.54. The van der Waals surface area contributed by atoms with Crippen LogP contribution in [0.4, 0.5) is 0 Å². The third kappa shape index (κ3) is 3.78. The monoisotopic (exact) mass is 331 g/mol. The fourth-order valence-electron chi connectivity index (χ4n) is 3.90. The number of aromatic carboxylic acids is 1. The van der Waals surface area contributed by atoms with Gasteiger partial charge in [-0.3, -0.25) is 4.79 Å². The van der Waals surface area contributed by atoms with Crippen molar-refractivity contribution in [2.75, 3.05) is 19.7 Å². The molecule has 130 valence electrons. The summed E-state index contributed by atoms with van der Waals surface area (Å²) < 4.78 is 6.03. The molecule has 5 heteroatoms. The van der Waals surface area contributed by atoms with Crippen LogP contribution in [0.3, 0.4) is 0 Å². The molecule has 1 amide bonds. The summed E-state index contributed by atoms with van der Waals surface area (Å²) in [5.41, 5.74) is 0.875. The van der Waals surface area contributed by atoms with E-state index < -0.39 is 5.97 Å². The molecule has 2 fully saturated rings. The lowest BCUT2D eigenvalue weighted by molar-refractivity contribution is -0.156. The van der Waals surface area contributed by atoms with Gasteiger partial charge < -0.3 is 14.7 Å². The zero-order valence-electron chi connectivity index (χ0n) is 14.0. The summed E-state index contributed by atoms with van der Waals surface area (Å²) in [6, 6.07) is 6.91. The molecule has 0 unspecified atom stereocenters. The second kappa shape index (κ2) is 7.34. The molecule has 0 bridgehead atoms. The SMILES string of the molecule is O=C(O)c1ccccc1CCC(=O)N1CCOC2(CCCCC2)C1. The van der Waals surface area contributed by atoms with Crippen LogP contribution in [0.15, 0.2) is 24.3 Å². The second-order valence-electron chi connectivity index (χ2n) is 6.87. The Morgan fingerprint density at radius 3 is 2.67 bits per heavy atom.